The molecule has 1 saturated heterocycles. The Hall–Kier alpha value is -0.870. The second kappa shape index (κ2) is 12.2. The molecular weight excluding hydrogens is 511 g/mol. The maximum absolute atomic E-state index is 12.3. The number of hydrogen-bond acceptors (Lipinski definition) is 4. The number of nitrogens with zero attached hydrogens (tertiary/aromatic N) is 2. The maximum atomic E-state index is 12.3. The first kappa shape index (κ1) is 27.2. The molecular formula is C22H39IN4O2S. The van der Waals surface area contributed by atoms with E-state index in [1.165, 1.54) is 5.56 Å². The molecule has 1 aromatic carbocycles. The van der Waals surface area contributed by atoms with Crippen molar-refractivity contribution >= 4 is 39.8 Å². The van der Waals surface area contributed by atoms with Gasteiger partial charge in [0.25, 0.3) is 0 Å². The molecule has 0 aliphatic carbocycles. The normalized spacial score (nSPS) is 17.8. The second-order valence-corrected chi connectivity index (χ2v) is 11.6. The molecule has 1 aromatic rings. The van der Waals surface area contributed by atoms with Crippen LogP contribution in [-0.4, -0.2) is 62.0 Å². The number of halogens is 1. The third-order valence-electron chi connectivity index (χ3n) is 5.61. The van der Waals surface area contributed by atoms with Crippen LogP contribution in [-0.2, 0) is 9.84 Å². The van der Waals surface area contributed by atoms with Crippen molar-refractivity contribution in [3.8, 4) is 0 Å². The average molecular weight is 551 g/mol. The molecule has 0 saturated carbocycles. The van der Waals surface area contributed by atoms with Crippen molar-refractivity contribution in [3.05, 3.63) is 35.9 Å². The van der Waals surface area contributed by atoms with Gasteiger partial charge in [0.2, 0.25) is 0 Å². The van der Waals surface area contributed by atoms with E-state index in [4.69, 9.17) is 0 Å². The topological polar surface area (TPSA) is 73.8 Å². The molecule has 0 spiro atoms. The quantitative estimate of drug-likeness (QED) is 0.309. The van der Waals surface area contributed by atoms with Crippen LogP contribution in [0.25, 0.3) is 0 Å². The summed E-state index contributed by atoms with van der Waals surface area (Å²) in [5, 5.41) is 6.74. The minimum atomic E-state index is -3.15. The summed E-state index contributed by atoms with van der Waals surface area (Å²) in [6.45, 7) is 12.6. The highest BCUT2D eigenvalue weighted by Crippen LogP contribution is 2.24. The first-order chi connectivity index (χ1) is 13.6. The molecule has 2 rings (SSSR count). The van der Waals surface area contributed by atoms with Gasteiger partial charge in [-0.25, -0.2) is 8.42 Å². The van der Waals surface area contributed by atoms with Crippen molar-refractivity contribution in [3.63, 3.8) is 0 Å². The van der Waals surface area contributed by atoms with Gasteiger partial charge in [0.15, 0.2) is 15.8 Å². The van der Waals surface area contributed by atoms with Gasteiger partial charge in [-0.1, -0.05) is 30.3 Å². The van der Waals surface area contributed by atoms with Gasteiger partial charge in [-0.15, -0.1) is 24.0 Å². The Kier molecular flexibility index (Phi) is 11.1. The van der Waals surface area contributed by atoms with Crippen LogP contribution in [0.15, 0.2) is 35.3 Å². The molecule has 1 heterocycles. The Morgan fingerprint density at radius 3 is 2.33 bits per heavy atom. The highest BCUT2D eigenvalue weighted by Gasteiger charge is 2.28. The summed E-state index contributed by atoms with van der Waals surface area (Å²) in [5.74, 6) is 0.784. The predicted octanol–water partition coefficient (Wildman–Crippen LogP) is 3.60. The highest BCUT2D eigenvalue weighted by atomic mass is 127. The first-order valence-electron chi connectivity index (χ1n) is 10.7. The number of nitrogens with one attached hydrogen (secondary N) is 2. The van der Waals surface area contributed by atoms with E-state index in [0.29, 0.717) is 18.0 Å². The van der Waals surface area contributed by atoms with Gasteiger partial charge >= 0.3 is 0 Å². The van der Waals surface area contributed by atoms with Crippen molar-refractivity contribution in [2.45, 2.75) is 64.3 Å². The predicted molar refractivity (Wildman–Crippen MR) is 138 cm³/mol. The third-order valence-corrected chi connectivity index (χ3v) is 8.19. The van der Waals surface area contributed by atoms with Crippen LogP contribution >= 0.6 is 24.0 Å². The van der Waals surface area contributed by atoms with Crippen molar-refractivity contribution in [2.24, 2.45) is 4.99 Å². The lowest BCUT2D eigenvalue weighted by molar-refractivity contribution is 0.158. The zero-order chi connectivity index (χ0) is 21.5. The second-order valence-electron chi connectivity index (χ2n) is 8.73. The zero-order valence-electron chi connectivity index (χ0n) is 19.0. The summed E-state index contributed by atoms with van der Waals surface area (Å²) in [7, 11) is -3.15. The number of likely N-dealkylation sites (tertiary alicyclic amines) is 1. The zero-order valence-corrected chi connectivity index (χ0v) is 22.2. The van der Waals surface area contributed by atoms with Gasteiger partial charge in [0, 0.05) is 31.7 Å². The highest BCUT2D eigenvalue weighted by molar-refractivity contribution is 14.0. The fourth-order valence-corrected chi connectivity index (χ4v) is 4.41. The number of piperidine rings is 1. The number of hydrogen-bond donors (Lipinski definition) is 2. The van der Waals surface area contributed by atoms with Gasteiger partial charge in [-0.05, 0) is 53.0 Å². The Labute approximate surface area is 200 Å². The molecule has 1 aliphatic rings. The minimum Gasteiger partial charge on any atom is -0.357 e. The van der Waals surface area contributed by atoms with Crippen molar-refractivity contribution < 1.29 is 8.42 Å². The molecule has 0 aromatic heterocycles. The Balaban J connectivity index is 0.00000450. The summed E-state index contributed by atoms with van der Waals surface area (Å²) in [6, 6.07) is 11.4. The van der Waals surface area contributed by atoms with E-state index in [1.807, 2.05) is 6.92 Å². The molecule has 1 aliphatic heterocycles. The molecule has 1 fully saturated rings. The van der Waals surface area contributed by atoms with Gasteiger partial charge in [0.1, 0.15) is 0 Å². The van der Waals surface area contributed by atoms with Crippen LogP contribution in [0.2, 0.25) is 0 Å². The van der Waals surface area contributed by atoms with E-state index in [1.54, 1.807) is 20.8 Å². The van der Waals surface area contributed by atoms with E-state index < -0.39 is 14.6 Å². The number of sulfone groups is 1. The van der Waals surface area contributed by atoms with Crippen LogP contribution in [0.5, 0.6) is 0 Å². The van der Waals surface area contributed by atoms with Crippen LogP contribution in [0.4, 0.5) is 0 Å². The van der Waals surface area contributed by atoms with E-state index >= 15 is 0 Å². The Morgan fingerprint density at radius 2 is 1.80 bits per heavy atom. The molecule has 1 atom stereocenters. The van der Waals surface area contributed by atoms with E-state index in [-0.39, 0.29) is 36.3 Å². The van der Waals surface area contributed by atoms with E-state index in [0.717, 1.165) is 32.5 Å². The van der Waals surface area contributed by atoms with Gasteiger partial charge in [0.05, 0.1) is 17.0 Å². The number of rotatable bonds is 7. The molecule has 172 valence electrons. The smallest absolute Gasteiger partial charge is 0.191 e. The van der Waals surface area contributed by atoms with Crippen molar-refractivity contribution in [1.29, 1.82) is 0 Å². The Bertz CT molecular complexity index is 755. The molecule has 8 heteroatoms. The number of aliphatic imine (C=N–C) groups is 1. The maximum Gasteiger partial charge on any atom is 0.191 e. The van der Waals surface area contributed by atoms with Crippen LogP contribution < -0.4 is 10.6 Å². The van der Waals surface area contributed by atoms with Crippen molar-refractivity contribution in [1.82, 2.24) is 15.5 Å². The molecule has 30 heavy (non-hydrogen) atoms. The molecule has 0 bridgehead atoms. The molecule has 0 amide bonds. The summed E-state index contributed by atoms with van der Waals surface area (Å²) >= 11 is 0. The minimum absolute atomic E-state index is 0. The fraction of sp³-hybridized carbons (Fsp3) is 0.682. The lowest BCUT2D eigenvalue weighted by atomic mass is 10.0. The van der Waals surface area contributed by atoms with Gasteiger partial charge in [-0.2, -0.15) is 0 Å². The lowest BCUT2D eigenvalue weighted by Gasteiger charge is -2.37. The molecule has 1 unspecified atom stereocenters. The van der Waals surface area contributed by atoms with Crippen LogP contribution in [0, 0.1) is 0 Å². The van der Waals surface area contributed by atoms with Gasteiger partial charge in [-0.3, -0.25) is 9.89 Å². The average Bonchev–Trinajstić information content (AvgIpc) is 2.68. The van der Waals surface area contributed by atoms with E-state index in [2.05, 4.69) is 57.8 Å². The third kappa shape index (κ3) is 8.00. The SMILES string of the molecule is CCNC(=NCCS(=O)(=O)C(C)(C)C)NC1CCN(C(C)c2ccccc2)CC1.I. The largest absolute Gasteiger partial charge is 0.357 e. The Morgan fingerprint density at radius 1 is 1.20 bits per heavy atom. The molecule has 6 nitrogen and oxygen atoms in total. The summed E-state index contributed by atoms with van der Waals surface area (Å²) in [5.41, 5.74) is 1.36. The fourth-order valence-electron chi connectivity index (χ4n) is 3.47. The molecule has 2 N–H and O–H groups in total. The number of guanidine groups is 1. The van der Waals surface area contributed by atoms with Gasteiger partial charge < -0.3 is 10.6 Å². The van der Waals surface area contributed by atoms with E-state index in [9.17, 15) is 8.42 Å². The monoisotopic (exact) mass is 550 g/mol. The lowest BCUT2D eigenvalue weighted by Crippen LogP contribution is -2.49. The number of benzene rings is 1. The summed E-state index contributed by atoms with van der Waals surface area (Å²) < 4.78 is 23.8. The van der Waals surface area contributed by atoms with Crippen molar-refractivity contribution in [2.75, 3.05) is 31.9 Å². The summed E-state index contributed by atoms with van der Waals surface area (Å²) in [6.07, 6.45) is 2.09. The van der Waals surface area contributed by atoms with Crippen LogP contribution in [0.1, 0.15) is 59.1 Å². The van der Waals surface area contributed by atoms with Crippen LogP contribution in [0.3, 0.4) is 0 Å². The standard InChI is InChI=1S/C22H38N4O2S.HI/c1-6-23-21(24-14-17-29(27,28)22(3,4)5)25-20-12-15-26(16-13-20)18(2)19-10-8-7-9-11-19;/h7-11,18,20H,6,12-17H2,1-5H3,(H2,23,24,25);1H. The first-order valence-corrected chi connectivity index (χ1v) is 12.4. The summed E-state index contributed by atoms with van der Waals surface area (Å²) in [4.78, 5) is 7.03. The molecule has 0 radical (unpaired) electrons.